The van der Waals surface area contributed by atoms with E-state index < -0.39 is 0 Å². The van der Waals surface area contributed by atoms with Crippen molar-refractivity contribution in [1.29, 1.82) is 0 Å². The summed E-state index contributed by atoms with van der Waals surface area (Å²) in [5.41, 5.74) is 2.73. The summed E-state index contributed by atoms with van der Waals surface area (Å²) in [4.78, 5) is 12.8. The Bertz CT molecular complexity index is 1270. The number of amides is 1. The van der Waals surface area contributed by atoms with Gasteiger partial charge in [0.05, 0.1) is 12.7 Å². The second-order valence-electron chi connectivity index (χ2n) is 7.66. The number of anilines is 1. The van der Waals surface area contributed by atoms with Crippen LogP contribution in [0.2, 0.25) is 0 Å². The number of para-hydroxylation sites is 1. The van der Waals surface area contributed by atoms with Gasteiger partial charge in [-0.1, -0.05) is 38.1 Å². The first-order chi connectivity index (χ1) is 15.5. The zero-order valence-electron chi connectivity index (χ0n) is 18.2. The number of rotatable bonds is 7. The molecule has 0 saturated carbocycles. The highest BCUT2D eigenvalue weighted by Crippen LogP contribution is 2.29. The van der Waals surface area contributed by atoms with Gasteiger partial charge in [-0.15, -0.1) is 5.10 Å². The van der Waals surface area contributed by atoms with E-state index in [4.69, 9.17) is 17.0 Å². The van der Waals surface area contributed by atoms with Gasteiger partial charge in [-0.05, 0) is 60.1 Å². The standard InChI is InChI=1S/C24H25N5O2S/c1-17(2)18-10-12-19(13-11-18)25-22(30)16-28-24(32)29(27-14-6-7-15-27)23(26-28)20-8-4-5-9-21(20)31-3/h4-15,17H,16H2,1-3H3,(H,25,30). The molecule has 0 fully saturated rings. The van der Waals surface area contributed by atoms with Crippen molar-refractivity contribution in [3.05, 3.63) is 83.4 Å². The number of aromatic nitrogens is 4. The van der Waals surface area contributed by atoms with Gasteiger partial charge in [-0.3, -0.25) is 9.47 Å². The highest BCUT2D eigenvalue weighted by Gasteiger charge is 2.19. The Labute approximate surface area is 191 Å². The lowest BCUT2D eigenvalue weighted by Gasteiger charge is -2.10. The van der Waals surface area contributed by atoms with Crippen LogP contribution in [0, 0.1) is 4.77 Å². The average molecular weight is 448 g/mol. The van der Waals surface area contributed by atoms with E-state index in [0.717, 1.165) is 11.3 Å². The molecule has 1 N–H and O–H groups in total. The van der Waals surface area contributed by atoms with Crippen LogP contribution in [-0.4, -0.2) is 32.1 Å². The lowest BCUT2D eigenvalue weighted by atomic mass is 10.0. The van der Waals surface area contributed by atoms with Crippen molar-refractivity contribution in [3.8, 4) is 17.1 Å². The highest BCUT2D eigenvalue weighted by atomic mass is 32.1. The molecule has 0 atom stereocenters. The van der Waals surface area contributed by atoms with Gasteiger partial charge in [-0.2, -0.15) is 0 Å². The van der Waals surface area contributed by atoms with E-state index in [2.05, 4.69) is 24.3 Å². The van der Waals surface area contributed by atoms with E-state index >= 15 is 0 Å². The van der Waals surface area contributed by atoms with Crippen molar-refractivity contribution in [1.82, 2.24) is 19.1 Å². The van der Waals surface area contributed by atoms with Gasteiger partial charge < -0.3 is 10.1 Å². The number of carbonyl (C=O) groups excluding carboxylic acids is 1. The Hall–Kier alpha value is -3.65. The Morgan fingerprint density at radius 1 is 1.06 bits per heavy atom. The second-order valence-corrected chi connectivity index (χ2v) is 8.03. The van der Waals surface area contributed by atoms with Gasteiger partial charge in [-0.25, -0.2) is 9.36 Å². The summed E-state index contributed by atoms with van der Waals surface area (Å²) in [5, 5.41) is 7.60. The van der Waals surface area contributed by atoms with Crippen LogP contribution in [0.4, 0.5) is 5.69 Å². The third kappa shape index (κ3) is 4.36. The molecule has 0 unspecified atom stereocenters. The number of hydrogen-bond acceptors (Lipinski definition) is 4. The van der Waals surface area contributed by atoms with Crippen LogP contribution in [-0.2, 0) is 11.3 Å². The molecule has 2 heterocycles. The first-order valence-corrected chi connectivity index (χ1v) is 10.8. The van der Waals surface area contributed by atoms with Crippen LogP contribution in [0.25, 0.3) is 11.4 Å². The zero-order valence-corrected chi connectivity index (χ0v) is 19.0. The molecule has 2 aromatic heterocycles. The Morgan fingerprint density at radius 3 is 2.41 bits per heavy atom. The Balaban J connectivity index is 1.66. The molecule has 8 heteroatoms. The summed E-state index contributed by atoms with van der Waals surface area (Å²) in [6.45, 7) is 4.26. The van der Waals surface area contributed by atoms with Gasteiger partial charge >= 0.3 is 0 Å². The summed E-state index contributed by atoms with van der Waals surface area (Å²) < 4.78 is 11.0. The molecule has 0 aliphatic carbocycles. The third-order valence-corrected chi connectivity index (χ3v) is 5.52. The molecule has 0 saturated heterocycles. The Morgan fingerprint density at radius 2 is 1.75 bits per heavy atom. The highest BCUT2D eigenvalue weighted by molar-refractivity contribution is 7.71. The molecule has 7 nitrogen and oxygen atoms in total. The van der Waals surface area contributed by atoms with Crippen LogP contribution in [0.1, 0.15) is 25.3 Å². The molecule has 0 aliphatic heterocycles. The normalized spacial score (nSPS) is 11.0. The SMILES string of the molecule is COc1ccccc1-c1nn(CC(=O)Nc2ccc(C(C)C)cc2)c(=S)n1-n1cccc1. The summed E-state index contributed by atoms with van der Waals surface area (Å²) in [6.07, 6.45) is 3.74. The largest absolute Gasteiger partial charge is 0.496 e. The molecule has 32 heavy (non-hydrogen) atoms. The summed E-state index contributed by atoms with van der Waals surface area (Å²) in [6, 6.07) is 19.2. The minimum Gasteiger partial charge on any atom is -0.496 e. The fourth-order valence-corrected chi connectivity index (χ4v) is 3.74. The van der Waals surface area contributed by atoms with Crippen LogP contribution >= 0.6 is 12.2 Å². The van der Waals surface area contributed by atoms with E-state index in [0.29, 0.717) is 22.3 Å². The van der Waals surface area contributed by atoms with Crippen molar-refractivity contribution < 1.29 is 9.53 Å². The van der Waals surface area contributed by atoms with Gasteiger partial charge in [0.15, 0.2) is 5.82 Å². The van der Waals surface area contributed by atoms with Crippen molar-refractivity contribution in [2.45, 2.75) is 26.3 Å². The molecule has 0 aliphatic rings. The maximum absolute atomic E-state index is 12.8. The fraction of sp³-hybridized carbons (Fsp3) is 0.208. The number of methoxy groups -OCH3 is 1. The topological polar surface area (TPSA) is 66.0 Å². The molecule has 0 spiro atoms. The number of hydrogen-bond donors (Lipinski definition) is 1. The van der Waals surface area contributed by atoms with E-state index in [1.165, 1.54) is 10.2 Å². The summed E-state index contributed by atoms with van der Waals surface area (Å²) >= 11 is 5.69. The summed E-state index contributed by atoms with van der Waals surface area (Å²) in [7, 11) is 1.61. The maximum atomic E-state index is 12.8. The van der Waals surface area contributed by atoms with Crippen LogP contribution < -0.4 is 10.1 Å². The molecule has 0 bridgehead atoms. The van der Waals surface area contributed by atoms with E-state index in [-0.39, 0.29) is 12.5 Å². The second kappa shape index (κ2) is 9.23. The van der Waals surface area contributed by atoms with Crippen molar-refractivity contribution in [3.63, 3.8) is 0 Å². The predicted molar refractivity (Wildman–Crippen MR) is 127 cm³/mol. The molecule has 164 valence electrons. The van der Waals surface area contributed by atoms with Crippen LogP contribution in [0.3, 0.4) is 0 Å². The lowest BCUT2D eigenvalue weighted by molar-refractivity contribution is -0.116. The van der Waals surface area contributed by atoms with E-state index in [1.54, 1.807) is 11.8 Å². The van der Waals surface area contributed by atoms with Crippen LogP contribution in [0.15, 0.2) is 73.1 Å². The lowest BCUT2D eigenvalue weighted by Crippen LogP contribution is -2.20. The van der Waals surface area contributed by atoms with Crippen molar-refractivity contribution in [2.75, 3.05) is 12.4 Å². The van der Waals surface area contributed by atoms with Crippen LogP contribution in [0.5, 0.6) is 5.75 Å². The van der Waals surface area contributed by atoms with Gasteiger partial charge in [0.1, 0.15) is 12.3 Å². The average Bonchev–Trinajstić information content (AvgIpc) is 3.42. The van der Waals surface area contributed by atoms with E-state index in [1.807, 2.05) is 77.7 Å². The number of benzene rings is 2. The fourth-order valence-electron chi connectivity index (χ4n) is 3.45. The zero-order chi connectivity index (χ0) is 22.7. The van der Waals surface area contributed by atoms with Crippen molar-refractivity contribution >= 4 is 23.8 Å². The molecular formula is C24H25N5O2S. The minimum atomic E-state index is -0.206. The molecule has 4 aromatic rings. The molecule has 4 rings (SSSR count). The minimum absolute atomic E-state index is 0.0127. The molecule has 2 aromatic carbocycles. The predicted octanol–water partition coefficient (Wildman–Crippen LogP) is 4.96. The number of carbonyl (C=O) groups is 1. The van der Waals surface area contributed by atoms with E-state index in [9.17, 15) is 4.79 Å². The molecular weight excluding hydrogens is 422 g/mol. The first-order valence-electron chi connectivity index (χ1n) is 10.3. The van der Waals surface area contributed by atoms with Crippen molar-refractivity contribution in [2.24, 2.45) is 0 Å². The van der Waals surface area contributed by atoms with Gasteiger partial charge in [0, 0.05) is 18.1 Å². The number of nitrogens with one attached hydrogen (secondary N) is 1. The summed E-state index contributed by atoms with van der Waals surface area (Å²) in [5.74, 6) is 1.48. The number of nitrogens with zero attached hydrogens (tertiary/aromatic N) is 4. The smallest absolute Gasteiger partial charge is 0.246 e. The molecule has 1 amide bonds. The van der Waals surface area contributed by atoms with Gasteiger partial charge in [0.2, 0.25) is 10.7 Å². The van der Waals surface area contributed by atoms with Gasteiger partial charge in [0.25, 0.3) is 0 Å². The monoisotopic (exact) mass is 447 g/mol. The quantitative estimate of drug-likeness (QED) is 0.407. The maximum Gasteiger partial charge on any atom is 0.246 e. The Kier molecular flexibility index (Phi) is 6.23. The first kappa shape index (κ1) is 21.6. The third-order valence-electron chi connectivity index (χ3n) is 5.14. The molecule has 0 radical (unpaired) electrons. The number of ether oxygens (including phenoxy) is 1.